The molecule has 35 heavy (non-hydrogen) atoms. The van der Waals surface area contributed by atoms with Gasteiger partial charge in [-0.15, -0.1) is 0 Å². The summed E-state index contributed by atoms with van der Waals surface area (Å²) in [5.41, 5.74) is 8.82. The Bertz CT molecular complexity index is 1320. The molecule has 3 aliphatic rings. The van der Waals surface area contributed by atoms with Gasteiger partial charge in [-0.2, -0.15) is 13.2 Å². The van der Waals surface area contributed by atoms with Crippen LogP contribution in [-0.4, -0.2) is 26.8 Å². The number of halogens is 3. The molecule has 2 N–H and O–H groups in total. The molecule has 2 aromatic heterocycles. The van der Waals surface area contributed by atoms with Crippen LogP contribution in [0.5, 0.6) is 0 Å². The fraction of sp³-hybridized carbons (Fsp3) is 0.423. The van der Waals surface area contributed by atoms with E-state index in [0.29, 0.717) is 41.0 Å². The minimum absolute atomic E-state index is 0.0772. The highest BCUT2D eigenvalue weighted by Gasteiger charge is 2.51. The molecule has 0 radical (unpaired) electrons. The Hall–Kier alpha value is -3.20. The van der Waals surface area contributed by atoms with Crippen molar-refractivity contribution in [1.82, 2.24) is 14.9 Å². The van der Waals surface area contributed by atoms with Crippen molar-refractivity contribution in [3.63, 3.8) is 0 Å². The maximum Gasteiger partial charge on any atom is 0.417 e. The first-order valence-electron chi connectivity index (χ1n) is 11.9. The number of anilines is 1. The molecule has 0 spiro atoms. The highest BCUT2D eigenvalue weighted by atomic mass is 19.4. The van der Waals surface area contributed by atoms with Gasteiger partial charge in [0.15, 0.2) is 0 Å². The van der Waals surface area contributed by atoms with Crippen LogP contribution in [-0.2, 0) is 24.1 Å². The second-order valence-electron chi connectivity index (χ2n) is 9.85. The van der Waals surface area contributed by atoms with Crippen LogP contribution in [0, 0.1) is 11.8 Å². The molecule has 6 rings (SSSR count). The Balaban J connectivity index is 1.33. The van der Waals surface area contributed by atoms with E-state index >= 15 is 0 Å². The van der Waals surface area contributed by atoms with Crippen LogP contribution >= 0.6 is 0 Å². The number of nitrogens with zero attached hydrogens (tertiary/aromatic N) is 3. The van der Waals surface area contributed by atoms with E-state index in [9.17, 15) is 18.0 Å². The molecule has 1 aromatic carbocycles. The molecule has 2 aliphatic carbocycles. The minimum Gasteiger partial charge on any atom is -0.383 e. The molecule has 0 saturated heterocycles. The van der Waals surface area contributed by atoms with E-state index in [-0.39, 0.29) is 24.6 Å². The zero-order chi connectivity index (χ0) is 24.5. The highest BCUT2D eigenvalue weighted by molar-refractivity contribution is 5.99. The largest absolute Gasteiger partial charge is 0.417 e. The fourth-order valence-corrected chi connectivity index (χ4v) is 5.35. The number of ether oxygens (including phenoxy) is 1. The Labute approximate surface area is 200 Å². The summed E-state index contributed by atoms with van der Waals surface area (Å²) in [5.74, 6) is 1.38. The second kappa shape index (κ2) is 7.91. The van der Waals surface area contributed by atoms with Gasteiger partial charge in [0.05, 0.1) is 36.0 Å². The zero-order valence-corrected chi connectivity index (χ0v) is 19.2. The van der Waals surface area contributed by atoms with E-state index in [0.717, 1.165) is 35.2 Å². The third-order valence-corrected chi connectivity index (χ3v) is 7.47. The lowest BCUT2D eigenvalue weighted by Crippen LogP contribution is -2.34. The number of aromatic nitrogens is 2. The second-order valence-corrected chi connectivity index (χ2v) is 9.85. The average molecular weight is 483 g/mol. The van der Waals surface area contributed by atoms with Crippen molar-refractivity contribution < 1.29 is 22.7 Å². The maximum absolute atomic E-state index is 13.8. The Morgan fingerprint density at radius 3 is 2.71 bits per heavy atom. The smallest absolute Gasteiger partial charge is 0.383 e. The lowest BCUT2D eigenvalue weighted by molar-refractivity contribution is -0.137. The van der Waals surface area contributed by atoms with Gasteiger partial charge in [0.25, 0.3) is 5.91 Å². The molecule has 0 bridgehead atoms. The summed E-state index contributed by atoms with van der Waals surface area (Å²) in [6.07, 6.45) is -0.499. The van der Waals surface area contributed by atoms with Gasteiger partial charge in [-0.05, 0) is 73.9 Å². The number of carbonyl (C=O) groups excluding carboxylic acids is 1. The topological polar surface area (TPSA) is 81.3 Å². The monoisotopic (exact) mass is 482 g/mol. The first-order valence-corrected chi connectivity index (χ1v) is 11.9. The van der Waals surface area contributed by atoms with Gasteiger partial charge in [-0.25, -0.2) is 4.98 Å². The number of benzene rings is 1. The lowest BCUT2D eigenvalue weighted by Gasteiger charge is -2.24. The summed E-state index contributed by atoms with van der Waals surface area (Å²) < 4.78 is 44.7. The minimum atomic E-state index is -4.45. The number of amides is 1. The molecular weight excluding hydrogens is 457 g/mol. The third kappa shape index (κ3) is 4.01. The molecule has 3 atom stereocenters. The number of carbonyl (C=O) groups is 1. The van der Waals surface area contributed by atoms with Crippen LogP contribution in [0.15, 0.2) is 36.5 Å². The Morgan fingerprint density at radius 2 is 2.03 bits per heavy atom. The third-order valence-electron chi connectivity index (χ3n) is 7.47. The predicted octanol–water partition coefficient (Wildman–Crippen LogP) is 5.26. The molecular formula is C26H25F3N4O2. The number of nitrogens with two attached hydrogens (primary N) is 1. The predicted molar refractivity (Wildman–Crippen MR) is 123 cm³/mol. The lowest BCUT2D eigenvalue weighted by atomic mass is 10.00. The zero-order valence-electron chi connectivity index (χ0n) is 19.2. The number of nitrogen functional groups attached to an aromatic ring is 1. The number of rotatable bonds is 5. The summed E-state index contributed by atoms with van der Waals surface area (Å²) in [6.45, 7) is 2.50. The van der Waals surface area contributed by atoms with Gasteiger partial charge < -0.3 is 15.4 Å². The van der Waals surface area contributed by atoms with Gasteiger partial charge in [0, 0.05) is 28.8 Å². The number of pyridine rings is 2. The Morgan fingerprint density at radius 1 is 1.23 bits per heavy atom. The summed E-state index contributed by atoms with van der Waals surface area (Å²) in [4.78, 5) is 24.1. The highest BCUT2D eigenvalue weighted by Crippen LogP contribution is 2.52. The molecule has 0 unspecified atom stereocenters. The van der Waals surface area contributed by atoms with Crippen LogP contribution in [0.25, 0.3) is 10.9 Å². The average Bonchev–Trinajstić information content (AvgIpc) is 3.74. The van der Waals surface area contributed by atoms with Gasteiger partial charge in [0.1, 0.15) is 5.82 Å². The molecule has 1 amide bonds. The molecule has 2 saturated carbocycles. The summed E-state index contributed by atoms with van der Waals surface area (Å²) in [6, 6.07) is 7.83. The standard InChI is InChI=1S/C26H25F3N4O2/c1-13-23-20(12-35-13)19-8-15(4-7-21(19)32-24(23)30)25(34)33(22-9-18(22)14-2-3-14)11-17-6-5-16(10-31-17)26(27,28)29/h4-8,10,13-14,18,22H,2-3,9,11-12H2,1H3,(H2,30,32)/t13-,18+,22-/m0/s1. The maximum atomic E-state index is 13.8. The van der Waals surface area contributed by atoms with Crippen molar-refractivity contribution in [2.45, 2.75) is 57.7 Å². The van der Waals surface area contributed by atoms with E-state index in [4.69, 9.17) is 10.5 Å². The van der Waals surface area contributed by atoms with Crippen LogP contribution in [0.3, 0.4) is 0 Å². The van der Waals surface area contributed by atoms with Gasteiger partial charge in [-0.1, -0.05) is 0 Å². The van der Waals surface area contributed by atoms with Gasteiger partial charge in [-0.3, -0.25) is 9.78 Å². The fourth-order valence-electron chi connectivity index (χ4n) is 5.35. The SMILES string of the molecule is C[C@@H]1OCc2c1c(N)nc1ccc(C(=O)N(Cc3ccc(C(F)(F)F)cn3)[C@H]3C[C@@H]3C3CC3)cc21. The van der Waals surface area contributed by atoms with Crippen molar-refractivity contribution in [1.29, 1.82) is 0 Å². The Kier molecular flexibility index (Phi) is 5.03. The number of hydrogen-bond acceptors (Lipinski definition) is 5. The van der Waals surface area contributed by atoms with Crippen molar-refractivity contribution in [2.75, 3.05) is 5.73 Å². The van der Waals surface area contributed by atoms with Crippen LogP contribution in [0.1, 0.15) is 65.0 Å². The molecule has 2 fully saturated rings. The quantitative estimate of drug-likeness (QED) is 0.536. The van der Waals surface area contributed by atoms with E-state index in [2.05, 4.69) is 9.97 Å². The van der Waals surface area contributed by atoms with Crippen LogP contribution < -0.4 is 5.73 Å². The normalized spacial score (nSPS) is 23.4. The van der Waals surface area contributed by atoms with E-state index in [1.165, 1.54) is 18.9 Å². The van der Waals surface area contributed by atoms with E-state index in [1.807, 2.05) is 13.0 Å². The van der Waals surface area contributed by atoms with Crippen molar-refractivity contribution in [3.05, 3.63) is 64.5 Å². The molecule has 1 aliphatic heterocycles. The summed E-state index contributed by atoms with van der Waals surface area (Å²) in [7, 11) is 0. The summed E-state index contributed by atoms with van der Waals surface area (Å²) in [5, 5.41) is 0.839. The van der Waals surface area contributed by atoms with Crippen molar-refractivity contribution >= 4 is 22.6 Å². The molecule has 9 heteroatoms. The molecule has 3 heterocycles. The van der Waals surface area contributed by atoms with Crippen LogP contribution in [0.4, 0.5) is 19.0 Å². The first kappa shape index (κ1) is 22.3. The van der Waals surface area contributed by atoms with Gasteiger partial charge in [0.2, 0.25) is 0 Å². The van der Waals surface area contributed by atoms with Crippen LogP contribution in [0.2, 0.25) is 0 Å². The van der Waals surface area contributed by atoms with E-state index < -0.39 is 11.7 Å². The van der Waals surface area contributed by atoms with Gasteiger partial charge >= 0.3 is 6.18 Å². The molecule has 182 valence electrons. The number of alkyl halides is 3. The molecule has 6 nitrogen and oxygen atoms in total. The van der Waals surface area contributed by atoms with Crippen molar-refractivity contribution in [2.24, 2.45) is 11.8 Å². The van der Waals surface area contributed by atoms with Crippen molar-refractivity contribution in [3.8, 4) is 0 Å². The summed E-state index contributed by atoms with van der Waals surface area (Å²) >= 11 is 0. The first-order chi connectivity index (χ1) is 16.7. The molecule has 3 aromatic rings. The number of fused-ring (bicyclic) bond motifs is 3. The van der Waals surface area contributed by atoms with E-state index in [1.54, 1.807) is 17.0 Å². The number of hydrogen-bond donors (Lipinski definition) is 1.